The van der Waals surface area contributed by atoms with Gasteiger partial charge < -0.3 is 19.1 Å². The maximum atomic E-state index is 12.8. The van der Waals surface area contributed by atoms with Crippen LogP contribution in [0.5, 0.6) is 11.5 Å². The van der Waals surface area contributed by atoms with Gasteiger partial charge in [-0.1, -0.05) is 36.4 Å². The molecule has 2 aromatic carbocycles. The van der Waals surface area contributed by atoms with Gasteiger partial charge in [-0.15, -0.1) is 0 Å². The van der Waals surface area contributed by atoms with E-state index in [0.29, 0.717) is 50.8 Å². The largest absolute Gasteiger partial charge is 0.490 e. The molecule has 3 amide bonds. The Balaban J connectivity index is 1.37. The van der Waals surface area contributed by atoms with E-state index in [0.717, 1.165) is 22.4 Å². The van der Waals surface area contributed by atoms with Gasteiger partial charge in [0.15, 0.2) is 0 Å². The maximum absolute atomic E-state index is 12.8. The third-order valence-corrected chi connectivity index (χ3v) is 6.00. The van der Waals surface area contributed by atoms with Crippen molar-refractivity contribution >= 4 is 34.9 Å². The van der Waals surface area contributed by atoms with Crippen molar-refractivity contribution in [2.24, 2.45) is 0 Å². The number of benzene rings is 2. The molecule has 0 aromatic heterocycles. The van der Waals surface area contributed by atoms with Crippen LogP contribution in [0.3, 0.4) is 0 Å². The highest BCUT2D eigenvalue weighted by atomic mass is 32.2. The number of para-hydroxylation sites is 2. The highest BCUT2D eigenvalue weighted by Crippen LogP contribution is 2.34. The minimum Gasteiger partial charge on any atom is -0.490 e. The molecular formula is C24H24N2O6S. The molecular weight excluding hydrogens is 444 g/mol. The predicted molar refractivity (Wildman–Crippen MR) is 124 cm³/mol. The van der Waals surface area contributed by atoms with Crippen LogP contribution in [0.4, 0.5) is 4.79 Å². The van der Waals surface area contributed by atoms with E-state index in [9.17, 15) is 14.4 Å². The molecule has 0 bridgehead atoms. The molecule has 2 saturated heterocycles. The Labute approximate surface area is 196 Å². The molecule has 0 atom stereocenters. The highest BCUT2D eigenvalue weighted by Gasteiger charge is 2.37. The van der Waals surface area contributed by atoms with Crippen molar-refractivity contribution in [2.75, 3.05) is 46.1 Å². The lowest BCUT2D eigenvalue weighted by Crippen LogP contribution is -2.46. The molecule has 0 spiro atoms. The summed E-state index contributed by atoms with van der Waals surface area (Å²) in [4.78, 5) is 40.6. The molecule has 2 aliphatic heterocycles. The molecule has 2 fully saturated rings. The molecule has 2 heterocycles. The van der Waals surface area contributed by atoms with Gasteiger partial charge in [0.1, 0.15) is 31.3 Å². The van der Waals surface area contributed by atoms with E-state index >= 15 is 0 Å². The molecule has 172 valence electrons. The lowest BCUT2D eigenvalue weighted by molar-refractivity contribution is -0.139. The fourth-order valence-corrected chi connectivity index (χ4v) is 4.21. The minimum absolute atomic E-state index is 0.256. The number of morpholine rings is 1. The summed E-state index contributed by atoms with van der Waals surface area (Å²) in [6.07, 6.45) is 1.62. The molecule has 4 rings (SSSR count). The summed E-state index contributed by atoms with van der Waals surface area (Å²) in [5.74, 6) is 0.595. The van der Waals surface area contributed by atoms with Crippen LogP contribution < -0.4 is 9.47 Å². The van der Waals surface area contributed by atoms with Crippen molar-refractivity contribution in [2.45, 2.75) is 0 Å². The van der Waals surface area contributed by atoms with Crippen LogP contribution in [0.1, 0.15) is 5.56 Å². The van der Waals surface area contributed by atoms with E-state index in [1.807, 2.05) is 42.5 Å². The van der Waals surface area contributed by atoms with Gasteiger partial charge in [-0.3, -0.25) is 19.3 Å². The van der Waals surface area contributed by atoms with Gasteiger partial charge in [0.2, 0.25) is 5.91 Å². The van der Waals surface area contributed by atoms with E-state index in [2.05, 4.69) is 0 Å². The van der Waals surface area contributed by atoms with Crippen molar-refractivity contribution in [1.29, 1.82) is 0 Å². The number of hydrogen-bond donors (Lipinski definition) is 0. The molecule has 9 heteroatoms. The number of hydrogen-bond acceptors (Lipinski definition) is 7. The van der Waals surface area contributed by atoms with Gasteiger partial charge in [0.25, 0.3) is 11.1 Å². The Morgan fingerprint density at radius 2 is 1.67 bits per heavy atom. The monoisotopic (exact) mass is 468 g/mol. The third-order valence-electron chi connectivity index (χ3n) is 5.09. The normalized spacial score (nSPS) is 17.5. The Hall–Kier alpha value is -3.30. The third kappa shape index (κ3) is 5.94. The molecule has 33 heavy (non-hydrogen) atoms. The van der Waals surface area contributed by atoms with Crippen LogP contribution in [0.25, 0.3) is 6.08 Å². The average molecular weight is 469 g/mol. The number of rotatable bonds is 8. The second kappa shape index (κ2) is 11.0. The molecule has 0 N–H and O–H groups in total. The number of amides is 3. The van der Waals surface area contributed by atoms with Crippen LogP contribution in [0, 0.1) is 0 Å². The Morgan fingerprint density at radius 1 is 0.970 bits per heavy atom. The molecule has 0 unspecified atom stereocenters. The van der Waals surface area contributed by atoms with Crippen LogP contribution in [-0.4, -0.2) is 72.9 Å². The number of carbonyl (C=O) groups excluding carboxylic acids is 3. The molecule has 2 aromatic rings. The van der Waals surface area contributed by atoms with E-state index < -0.39 is 11.1 Å². The zero-order valence-corrected chi connectivity index (χ0v) is 18.8. The van der Waals surface area contributed by atoms with Crippen LogP contribution in [0.15, 0.2) is 59.5 Å². The number of carbonyl (C=O) groups is 3. The lowest BCUT2D eigenvalue weighted by atomic mass is 10.2. The number of ether oxygens (including phenoxy) is 3. The Kier molecular flexibility index (Phi) is 7.64. The Morgan fingerprint density at radius 3 is 2.45 bits per heavy atom. The van der Waals surface area contributed by atoms with E-state index in [4.69, 9.17) is 14.2 Å². The Bertz CT molecular complexity index is 1040. The summed E-state index contributed by atoms with van der Waals surface area (Å²) in [5.41, 5.74) is 0.669. The van der Waals surface area contributed by atoms with E-state index in [1.165, 1.54) is 0 Å². The second-order valence-corrected chi connectivity index (χ2v) is 8.30. The smallest absolute Gasteiger partial charge is 0.294 e. The first-order valence-corrected chi connectivity index (χ1v) is 11.4. The van der Waals surface area contributed by atoms with Crippen molar-refractivity contribution < 1.29 is 28.6 Å². The highest BCUT2D eigenvalue weighted by molar-refractivity contribution is 8.18. The fourth-order valence-electron chi connectivity index (χ4n) is 3.38. The first-order valence-electron chi connectivity index (χ1n) is 10.6. The van der Waals surface area contributed by atoms with Crippen molar-refractivity contribution in [3.63, 3.8) is 0 Å². The average Bonchev–Trinajstić information content (AvgIpc) is 3.11. The topological polar surface area (TPSA) is 85.4 Å². The summed E-state index contributed by atoms with van der Waals surface area (Å²) < 4.78 is 16.7. The summed E-state index contributed by atoms with van der Waals surface area (Å²) >= 11 is 0.822. The van der Waals surface area contributed by atoms with Crippen molar-refractivity contribution in [3.8, 4) is 11.5 Å². The van der Waals surface area contributed by atoms with Crippen molar-refractivity contribution in [1.82, 2.24) is 9.80 Å². The molecule has 2 aliphatic rings. The van der Waals surface area contributed by atoms with Gasteiger partial charge in [-0.2, -0.15) is 0 Å². The first-order chi connectivity index (χ1) is 16.1. The van der Waals surface area contributed by atoms with Gasteiger partial charge >= 0.3 is 0 Å². The predicted octanol–water partition coefficient (Wildman–Crippen LogP) is 3.04. The summed E-state index contributed by atoms with van der Waals surface area (Å²) in [6, 6.07) is 16.7. The van der Waals surface area contributed by atoms with Gasteiger partial charge in [-0.25, -0.2) is 0 Å². The number of imide groups is 1. The first kappa shape index (κ1) is 22.9. The van der Waals surface area contributed by atoms with Gasteiger partial charge in [-0.05, 0) is 36.0 Å². The molecule has 8 nitrogen and oxygen atoms in total. The lowest BCUT2D eigenvalue weighted by Gasteiger charge is -2.28. The van der Waals surface area contributed by atoms with E-state index in [-0.39, 0.29) is 17.4 Å². The van der Waals surface area contributed by atoms with Gasteiger partial charge in [0.05, 0.1) is 18.1 Å². The SMILES string of the molecule is O=C(CN1C(=O)S/C(=C/c2ccccc2OCCOc2ccccc2)C1=O)N1CCOCC1. The standard InChI is InChI=1S/C24H24N2O6S/c27-22(25-10-12-30-13-11-25)17-26-23(28)21(33-24(26)29)16-18-6-4-5-9-20(18)32-15-14-31-19-7-2-1-3-8-19/h1-9,16H,10-15,17H2/b21-16+. The molecule has 0 aliphatic carbocycles. The zero-order valence-electron chi connectivity index (χ0n) is 18.0. The van der Waals surface area contributed by atoms with Gasteiger partial charge in [0, 0.05) is 18.7 Å². The fraction of sp³-hybridized carbons (Fsp3) is 0.292. The number of thioether (sulfide) groups is 1. The van der Waals surface area contributed by atoms with Crippen LogP contribution >= 0.6 is 11.8 Å². The van der Waals surface area contributed by atoms with Crippen LogP contribution in [-0.2, 0) is 14.3 Å². The van der Waals surface area contributed by atoms with Crippen molar-refractivity contribution in [3.05, 3.63) is 65.1 Å². The summed E-state index contributed by atoms with van der Waals surface area (Å²) in [7, 11) is 0. The zero-order chi connectivity index (χ0) is 23.0. The summed E-state index contributed by atoms with van der Waals surface area (Å²) in [6.45, 7) is 2.25. The molecule has 0 radical (unpaired) electrons. The minimum atomic E-state index is -0.478. The number of nitrogens with zero attached hydrogens (tertiary/aromatic N) is 2. The summed E-state index contributed by atoms with van der Waals surface area (Å²) in [5, 5.41) is -0.456. The van der Waals surface area contributed by atoms with Crippen LogP contribution in [0.2, 0.25) is 0 Å². The quantitative estimate of drug-likeness (QED) is 0.435. The second-order valence-electron chi connectivity index (χ2n) is 7.31. The maximum Gasteiger partial charge on any atom is 0.294 e. The molecule has 0 saturated carbocycles. The van der Waals surface area contributed by atoms with E-state index in [1.54, 1.807) is 23.1 Å².